The molecule has 0 radical (unpaired) electrons. The van der Waals surface area contributed by atoms with Gasteiger partial charge >= 0.3 is 0 Å². The highest BCUT2D eigenvalue weighted by molar-refractivity contribution is 9.10. The second kappa shape index (κ2) is 6.11. The number of nitrogens with one attached hydrogen (secondary N) is 1. The van der Waals surface area contributed by atoms with Gasteiger partial charge in [0.25, 0.3) is 5.91 Å². The van der Waals surface area contributed by atoms with Gasteiger partial charge in [-0.1, -0.05) is 11.6 Å². The van der Waals surface area contributed by atoms with Gasteiger partial charge in [0, 0.05) is 11.8 Å². The molecule has 0 aliphatic rings. The highest BCUT2D eigenvalue weighted by atomic mass is 79.9. The van der Waals surface area contributed by atoms with Crippen molar-refractivity contribution in [2.45, 2.75) is 0 Å². The summed E-state index contributed by atoms with van der Waals surface area (Å²) < 4.78 is 5.95. The van der Waals surface area contributed by atoms with Gasteiger partial charge in [-0.2, -0.15) is 0 Å². The van der Waals surface area contributed by atoms with Crippen LogP contribution in [0.15, 0.2) is 34.9 Å². The average Bonchev–Trinajstić information content (AvgIpc) is 2.43. The number of nitrogens with two attached hydrogens (primary N) is 1. The molecular weight excluding hydrogens is 346 g/mol. The summed E-state index contributed by atoms with van der Waals surface area (Å²) in [5.41, 5.74) is 6.76. The number of ether oxygens (including phenoxy) is 1. The van der Waals surface area contributed by atoms with Crippen LogP contribution in [0.3, 0.4) is 0 Å². The third kappa shape index (κ3) is 3.20. The van der Waals surface area contributed by atoms with E-state index in [1.54, 1.807) is 25.3 Å². The van der Waals surface area contributed by atoms with E-state index in [1.165, 1.54) is 12.3 Å². The summed E-state index contributed by atoms with van der Waals surface area (Å²) in [4.78, 5) is 16.0. The monoisotopic (exact) mass is 355 g/mol. The van der Waals surface area contributed by atoms with Crippen LogP contribution in [0.2, 0.25) is 5.15 Å². The number of nitrogen functional groups attached to an aromatic ring is 1. The molecule has 0 unspecified atom stereocenters. The number of hydrogen-bond acceptors (Lipinski definition) is 4. The predicted molar refractivity (Wildman–Crippen MR) is 82.3 cm³/mol. The molecule has 1 amide bonds. The van der Waals surface area contributed by atoms with Crippen molar-refractivity contribution >= 4 is 44.8 Å². The number of carbonyl (C=O) groups is 1. The quantitative estimate of drug-likeness (QED) is 0.827. The third-order valence-corrected chi connectivity index (χ3v) is 3.47. The summed E-state index contributed by atoms with van der Waals surface area (Å²) >= 11 is 9.22. The SMILES string of the molecule is COc1cc(NC(=O)c2cc(N)cnc2Cl)ccc1Br. The van der Waals surface area contributed by atoms with E-state index < -0.39 is 0 Å². The summed E-state index contributed by atoms with van der Waals surface area (Å²) in [6.45, 7) is 0. The maximum absolute atomic E-state index is 12.1. The van der Waals surface area contributed by atoms with Crippen LogP contribution in [-0.2, 0) is 0 Å². The lowest BCUT2D eigenvalue weighted by Crippen LogP contribution is -2.13. The van der Waals surface area contributed by atoms with Gasteiger partial charge in [-0.15, -0.1) is 0 Å². The Hall–Kier alpha value is -1.79. The molecule has 20 heavy (non-hydrogen) atoms. The second-order valence-corrected chi connectivity index (χ2v) is 5.12. The van der Waals surface area contributed by atoms with Crippen molar-refractivity contribution in [1.82, 2.24) is 4.98 Å². The number of nitrogens with zero attached hydrogens (tertiary/aromatic N) is 1. The molecule has 104 valence electrons. The van der Waals surface area contributed by atoms with Crippen molar-refractivity contribution < 1.29 is 9.53 Å². The lowest BCUT2D eigenvalue weighted by Gasteiger charge is -2.09. The lowest BCUT2D eigenvalue weighted by molar-refractivity contribution is 0.102. The molecule has 0 aliphatic heterocycles. The summed E-state index contributed by atoms with van der Waals surface area (Å²) in [5, 5.41) is 2.81. The minimum Gasteiger partial charge on any atom is -0.495 e. The van der Waals surface area contributed by atoms with E-state index in [-0.39, 0.29) is 16.6 Å². The Kier molecular flexibility index (Phi) is 4.46. The Morgan fingerprint density at radius 1 is 1.45 bits per heavy atom. The van der Waals surface area contributed by atoms with Crippen LogP contribution < -0.4 is 15.8 Å². The van der Waals surface area contributed by atoms with Crippen LogP contribution in [0.25, 0.3) is 0 Å². The van der Waals surface area contributed by atoms with Crippen molar-refractivity contribution in [1.29, 1.82) is 0 Å². The van der Waals surface area contributed by atoms with Crippen LogP contribution in [0.1, 0.15) is 10.4 Å². The Labute approximate surface area is 129 Å². The van der Waals surface area contributed by atoms with Crippen LogP contribution in [0, 0.1) is 0 Å². The summed E-state index contributed by atoms with van der Waals surface area (Å²) in [6, 6.07) is 6.67. The Bertz CT molecular complexity index is 664. The fraction of sp³-hybridized carbons (Fsp3) is 0.0769. The number of anilines is 2. The number of amides is 1. The molecular formula is C13H11BrClN3O2. The van der Waals surface area contributed by atoms with Crippen molar-refractivity contribution in [2.24, 2.45) is 0 Å². The second-order valence-electron chi connectivity index (χ2n) is 3.91. The zero-order valence-electron chi connectivity index (χ0n) is 10.5. The Morgan fingerprint density at radius 3 is 2.90 bits per heavy atom. The normalized spacial score (nSPS) is 10.2. The average molecular weight is 357 g/mol. The molecule has 5 nitrogen and oxygen atoms in total. The van der Waals surface area contributed by atoms with Gasteiger partial charge < -0.3 is 15.8 Å². The molecule has 0 fully saturated rings. The molecule has 0 saturated heterocycles. The first-order chi connectivity index (χ1) is 9.51. The molecule has 0 bridgehead atoms. The van der Waals surface area contributed by atoms with Gasteiger partial charge in [0.15, 0.2) is 0 Å². The fourth-order valence-corrected chi connectivity index (χ4v) is 2.16. The van der Waals surface area contributed by atoms with E-state index in [0.717, 1.165) is 4.47 Å². The number of aromatic nitrogens is 1. The number of halogens is 2. The highest BCUT2D eigenvalue weighted by Crippen LogP contribution is 2.28. The molecule has 0 aliphatic carbocycles. The van der Waals surface area contributed by atoms with Crippen LogP contribution in [0.4, 0.5) is 11.4 Å². The standard InChI is InChI=1S/C13H11BrClN3O2/c1-20-11-5-8(2-3-10(11)14)18-13(19)9-4-7(16)6-17-12(9)15/h2-6H,16H2,1H3,(H,18,19). The van der Waals surface area contributed by atoms with Crippen LogP contribution in [0.5, 0.6) is 5.75 Å². The molecule has 3 N–H and O–H groups in total. The summed E-state index contributed by atoms with van der Waals surface area (Å²) in [5.74, 6) is 0.221. The summed E-state index contributed by atoms with van der Waals surface area (Å²) in [7, 11) is 1.55. The molecule has 0 spiro atoms. The number of rotatable bonds is 3. The van der Waals surface area contributed by atoms with Crippen LogP contribution >= 0.6 is 27.5 Å². The van der Waals surface area contributed by atoms with Gasteiger partial charge in [-0.25, -0.2) is 4.98 Å². The third-order valence-electron chi connectivity index (χ3n) is 2.51. The molecule has 1 aromatic heterocycles. The number of carbonyl (C=O) groups excluding carboxylic acids is 1. The zero-order valence-corrected chi connectivity index (χ0v) is 12.8. The number of benzene rings is 1. The maximum Gasteiger partial charge on any atom is 0.258 e. The molecule has 0 saturated carbocycles. The first kappa shape index (κ1) is 14.6. The van der Waals surface area contributed by atoms with E-state index in [4.69, 9.17) is 22.1 Å². The summed E-state index contributed by atoms with van der Waals surface area (Å²) in [6.07, 6.45) is 1.39. The molecule has 2 rings (SSSR count). The van der Waals surface area contributed by atoms with Gasteiger partial charge in [-0.3, -0.25) is 4.79 Å². The van der Waals surface area contributed by atoms with Gasteiger partial charge in [0.2, 0.25) is 0 Å². The van der Waals surface area contributed by atoms with E-state index >= 15 is 0 Å². The topological polar surface area (TPSA) is 77.2 Å². The van der Waals surface area contributed by atoms with Crippen molar-refractivity contribution in [3.63, 3.8) is 0 Å². The largest absolute Gasteiger partial charge is 0.495 e. The smallest absolute Gasteiger partial charge is 0.258 e. The molecule has 2 aromatic rings. The molecule has 1 aromatic carbocycles. The Morgan fingerprint density at radius 2 is 2.20 bits per heavy atom. The molecule has 7 heteroatoms. The van der Waals surface area contributed by atoms with Crippen molar-refractivity contribution in [3.8, 4) is 5.75 Å². The van der Waals surface area contributed by atoms with Gasteiger partial charge in [0.05, 0.1) is 29.0 Å². The van der Waals surface area contributed by atoms with E-state index in [2.05, 4.69) is 26.2 Å². The zero-order chi connectivity index (χ0) is 14.7. The van der Waals surface area contributed by atoms with E-state index in [1.807, 2.05) is 0 Å². The first-order valence-corrected chi connectivity index (χ1v) is 6.74. The predicted octanol–water partition coefficient (Wildman–Crippen LogP) is 3.34. The highest BCUT2D eigenvalue weighted by Gasteiger charge is 2.13. The van der Waals surface area contributed by atoms with E-state index in [0.29, 0.717) is 17.1 Å². The van der Waals surface area contributed by atoms with Crippen molar-refractivity contribution in [3.05, 3.63) is 45.7 Å². The lowest BCUT2D eigenvalue weighted by atomic mass is 10.2. The maximum atomic E-state index is 12.1. The molecule has 1 heterocycles. The minimum atomic E-state index is -0.390. The van der Waals surface area contributed by atoms with Gasteiger partial charge in [0.1, 0.15) is 10.9 Å². The number of methoxy groups -OCH3 is 1. The first-order valence-electron chi connectivity index (χ1n) is 5.57. The number of pyridine rings is 1. The van der Waals surface area contributed by atoms with E-state index in [9.17, 15) is 4.79 Å². The Balaban J connectivity index is 2.25. The van der Waals surface area contributed by atoms with Crippen LogP contribution in [-0.4, -0.2) is 18.0 Å². The fourth-order valence-electron chi connectivity index (χ4n) is 1.56. The van der Waals surface area contributed by atoms with Crippen molar-refractivity contribution in [2.75, 3.05) is 18.2 Å². The molecule has 0 atom stereocenters. The van der Waals surface area contributed by atoms with Gasteiger partial charge in [-0.05, 0) is 34.1 Å². The minimum absolute atomic E-state index is 0.0979. The number of hydrogen-bond donors (Lipinski definition) is 2.